The highest BCUT2D eigenvalue weighted by molar-refractivity contribution is 5.76. The second-order valence-corrected chi connectivity index (χ2v) is 4.70. The molecule has 1 amide bonds. The van der Waals surface area contributed by atoms with Gasteiger partial charge in [-0.3, -0.25) is 4.79 Å². The van der Waals surface area contributed by atoms with E-state index < -0.39 is 0 Å². The summed E-state index contributed by atoms with van der Waals surface area (Å²) in [4.78, 5) is 13.7. The highest BCUT2D eigenvalue weighted by Crippen LogP contribution is 2.33. The van der Waals surface area contributed by atoms with E-state index in [0.717, 1.165) is 0 Å². The Morgan fingerprint density at radius 3 is 2.80 bits per heavy atom. The lowest BCUT2D eigenvalue weighted by Gasteiger charge is -2.36. The number of hydrogen-bond acceptors (Lipinski definition) is 3. The van der Waals surface area contributed by atoms with Crippen LogP contribution in [0.3, 0.4) is 0 Å². The van der Waals surface area contributed by atoms with E-state index in [2.05, 4.69) is 0 Å². The van der Waals surface area contributed by atoms with Crippen LogP contribution < -0.4 is 0 Å². The Hall–Kier alpha value is -0.610. The third-order valence-corrected chi connectivity index (χ3v) is 3.04. The summed E-state index contributed by atoms with van der Waals surface area (Å²) < 4.78 is 5.49. The average molecular weight is 213 g/mol. The molecule has 1 saturated heterocycles. The number of amides is 1. The van der Waals surface area contributed by atoms with Crippen LogP contribution >= 0.6 is 0 Å². The Balaban J connectivity index is 1.86. The van der Waals surface area contributed by atoms with Crippen molar-refractivity contribution in [3.05, 3.63) is 0 Å². The fraction of sp³-hybridized carbons (Fsp3) is 0.909. The van der Waals surface area contributed by atoms with Crippen molar-refractivity contribution in [1.82, 2.24) is 4.90 Å². The van der Waals surface area contributed by atoms with Crippen LogP contribution in [0.1, 0.15) is 26.2 Å². The van der Waals surface area contributed by atoms with Crippen molar-refractivity contribution < 1.29 is 14.6 Å². The molecule has 2 atom stereocenters. The molecule has 1 N–H and O–H groups in total. The number of nitrogens with zero attached hydrogens (tertiary/aromatic N) is 1. The van der Waals surface area contributed by atoms with Crippen molar-refractivity contribution in [1.29, 1.82) is 0 Å². The lowest BCUT2D eigenvalue weighted by molar-refractivity contribution is -0.147. The van der Waals surface area contributed by atoms with Crippen LogP contribution in [0.4, 0.5) is 0 Å². The molecule has 1 heterocycles. The van der Waals surface area contributed by atoms with Gasteiger partial charge in [-0.25, -0.2) is 0 Å². The number of morpholine rings is 1. The van der Waals surface area contributed by atoms with Gasteiger partial charge in [0.15, 0.2) is 0 Å². The average Bonchev–Trinajstić information content (AvgIpc) is 3.00. The Morgan fingerprint density at radius 2 is 2.20 bits per heavy atom. The van der Waals surface area contributed by atoms with Gasteiger partial charge in [0.05, 0.1) is 18.8 Å². The largest absolute Gasteiger partial charge is 0.394 e. The zero-order valence-corrected chi connectivity index (χ0v) is 9.19. The van der Waals surface area contributed by atoms with Crippen molar-refractivity contribution in [3.63, 3.8) is 0 Å². The molecule has 1 aliphatic carbocycles. The lowest BCUT2D eigenvalue weighted by Crippen LogP contribution is -2.50. The first-order chi connectivity index (χ1) is 7.19. The van der Waals surface area contributed by atoms with Crippen molar-refractivity contribution >= 4 is 5.91 Å². The fourth-order valence-corrected chi connectivity index (χ4v) is 2.05. The van der Waals surface area contributed by atoms with Gasteiger partial charge in [-0.2, -0.15) is 0 Å². The summed E-state index contributed by atoms with van der Waals surface area (Å²) in [5.41, 5.74) is 0. The van der Waals surface area contributed by atoms with Gasteiger partial charge < -0.3 is 14.7 Å². The Morgan fingerprint density at radius 1 is 1.47 bits per heavy atom. The summed E-state index contributed by atoms with van der Waals surface area (Å²) in [7, 11) is 0. The lowest BCUT2D eigenvalue weighted by atomic mass is 10.2. The molecular formula is C11H19NO3. The standard InChI is InChI=1S/C11H19NO3/c1-8-5-12(6-10(7-13)15-8)11(14)4-9-2-3-9/h8-10,13H,2-7H2,1H3. The molecule has 4 heteroatoms. The molecule has 86 valence electrons. The van der Waals surface area contributed by atoms with Crippen molar-refractivity contribution in [2.24, 2.45) is 5.92 Å². The summed E-state index contributed by atoms with van der Waals surface area (Å²) in [6.07, 6.45) is 2.94. The molecule has 2 aliphatic rings. The van der Waals surface area contributed by atoms with Gasteiger partial charge in [0, 0.05) is 19.5 Å². The monoisotopic (exact) mass is 213 g/mol. The van der Waals surface area contributed by atoms with Crippen LogP contribution in [0.2, 0.25) is 0 Å². The highest BCUT2D eigenvalue weighted by Gasteiger charge is 2.31. The predicted octanol–water partition coefficient (Wildman–Crippen LogP) is 0.395. The summed E-state index contributed by atoms with van der Waals surface area (Å²) in [6, 6.07) is 0. The van der Waals surface area contributed by atoms with Gasteiger partial charge in [0.1, 0.15) is 0 Å². The first kappa shape index (κ1) is 10.9. The molecule has 15 heavy (non-hydrogen) atoms. The smallest absolute Gasteiger partial charge is 0.223 e. The summed E-state index contributed by atoms with van der Waals surface area (Å²) in [5, 5.41) is 9.04. The van der Waals surface area contributed by atoms with Gasteiger partial charge in [-0.1, -0.05) is 0 Å². The molecule has 0 aromatic carbocycles. The van der Waals surface area contributed by atoms with Gasteiger partial charge in [-0.05, 0) is 25.7 Å². The minimum atomic E-state index is -0.197. The van der Waals surface area contributed by atoms with Crippen LogP contribution in [0.25, 0.3) is 0 Å². The van der Waals surface area contributed by atoms with Gasteiger partial charge in [0.25, 0.3) is 0 Å². The number of hydrogen-bond donors (Lipinski definition) is 1. The Kier molecular flexibility index (Phi) is 3.26. The summed E-state index contributed by atoms with van der Waals surface area (Å²) >= 11 is 0. The van der Waals surface area contributed by atoms with E-state index in [4.69, 9.17) is 9.84 Å². The third-order valence-electron chi connectivity index (χ3n) is 3.04. The maximum Gasteiger partial charge on any atom is 0.223 e. The number of ether oxygens (including phenoxy) is 1. The highest BCUT2D eigenvalue weighted by atomic mass is 16.5. The first-order valence-corrected chi connectivity index (χ1v) is 5.73. The van der Waals surface area contributed by atoms with Crippen LogP contribution in [0.15, 0.2) is 0 Å². The predicted molar refractivity (Wildman–Crippen MR) is 55.3 cm³/mol. The van der Waals surface area contributed by atoms with Crippen molar-refractivity contribution in [3.8, 4) is 0 Å². The minimum absolute atomic E-state index is 0.00243. The van der Waals surface area contributed by atoms with E-state index in [0.29, 0.717) is 25.4 Å². The minimum Gasteiger partial charge on any atom is -0.394 e. The molecular weight excluding hydrogens is 194 g/mol. The van der Waals surface area contributed by atoms with Gasteiger partial charge in [0.2, 0.25) is 5.91 Å². The normalized spacial score (nSPS) is 31.7. The van der Waals surface area contributed by atoms with E-state index >= 15 is 0 Å². The number of rotatable bonds is 3. The fourth-order valence-electron chi connectivity index (χ4n) is 2.05. The van der Waals surface area contributed by atoms with E-state index in [1.165, 1.54) is 12.8 Å². The van der Waals surface area contributed by atoms with E-state index in [-0.39, 0.29) is 24.7 Å². The van der Waals surface area contributed by atoms with E-state index in [1.807, 2.05) is 11.8 Å². The number of carbonyl (C=O) groups is 1. The van der Waals surface area contributed by atoms with Gasteiger partial charge in [-0.15, -0.1) is 0 Å². The Labute approximate surface area is 90.2 Å². The molecule has 2 rings (SSSR count). The Bertz CT molecular complexity index is 240. The quantitative estimate of drug-likeness (QED) is 0.738. The van der Waals surface area contributed by atoms with Crippen LogP contribution in [0.5, 0.6) is 0 Å². The summed E-state index contributed by atoms with van der Waals surface area (Å²) in [6.45, 7) is 3.16. The molecule has 1 aliphatic heterocycles. The molecule has 2 fully saturated rings. The molecule has 0 spiro atoms. The first-order valence-electron chi connectivity index (χ1n) is 5.73. The second kappa shape index (κ2) is 4.49. The van der Waals surface area contributed by atoms with E-state index in [1.54, 1.807) is 0 Å². The zero-order chi connectivity index (χ0) is 10.8. The molecule has 0 bridgehead atoms. The molecule has 1 saturated carbocycles. The molecule has 0 aromatic rings. The zero-order valence-electron chi connectivity index (χ0n) is 9.19. The van der Waals surface area contributed by atoms with Crippen LogP contribution in [0, 0.1) is 5.92 Å². The molecule has 4 nitrogen and oxygen atoms in total. The van der Waals surface area contributed by atoms with Crippen LogP contribution in [-0.4, -0.2) is 47.8 Å². The molecule has 2 unspecified atom stereocenters. The van der Waals surface area contributed by atoms with Gasteiger partial charge >= 0.3 is 0 Å². The van der Waals surface area contributed by atoms with Crippen molar-refractivity contribution in [2.45, 2.75) is 38.4 Å². The van der Waals surface area contributed by atoms with Crippen LogP contribution in [-0.2, 0) is 9.53 Å². The maximum absolute atomic E-state index is 11.8. The van der Waals surface area contributed by atoms with E-state index in [9.17, 15) is 4.79 Å². The summed E-state index contributed by atoms with van der Waals surface area (Å²) in [5.74, 6) is 0.856. The molecule has 0 aromatic heterocycles. The topological polar surface area (TPSA) is 49.8 Å². The van der Waals surface area contributed by atoms with Crippen molar-refractivity contribution in [2.75, 3.05) is 19.7 Å². The number of aliphatic hydroxyl groups excluding tert-OH is 1. The third kappa shape index (κ3) is 2.92. The number of carbonyl (C=O) groups excluding carboxylic acids is 1. The SMILES string of the molecule is CC1CN(C(=O)CC2CC2)CC(CO)O1. The number of aliphatic hydroxyl groups is 1. The second-order valence-electron chi connectivity index (χ2n) is 4.70. The molecule has 0 radical (unpaired) electrons. The maximum atomic E-state index is 11.8.